The summed E-state index contributed by atoms with van der Waals surface area (Å²) in [7, 11) is 1.42. The molecule has 0 saturated heterocycles. The molecule has 29 heavy (non-hydrogen) atoms. The zero-order valence-corrected chi connectivity index (χ0v) is 17.8. The van der Waals surface area contributed by atoms with Gasteiger partial charge in [0.2, 0.25) is 0 Å². The van der Waals surface area contributed by atoms with Crippen LogP contribution in [0.3, 0.4) is 0 Å². The normalized spacial score (nSPS) is 15.8. The minimum absolute atomic E-state index is 0.213. The molecule has 3 heteroatoms. The molecule has 156 valence electrons. The molecule has 0 radical (unpaired) electrons. The Morgan fingerprint density at radius 1 is 1.10 bits per heavy atom. The van der Waals surface area contributed by atoms with E-state index in [1.54, 1.807) is 0 Å². The van der Waals surface area contributed by atoms with Gasteiger partial charge in [0.25, 0.3) is 0 Å². The Hall–Kier alpha value is -2.13. The van der Waals surface area contributed by atoms with Gasteiger partial charge in [0.05, 0.1) is 12.7 Å². The zero-order chi connectivity index (χ0) is 20.6. The molecule has 2 aromatic rings. The van der Waals surface area contributed by atoms with Crippen LogP contribution in [0.2, 0.25) is 0 Å². The zero-order valence-electron chi connectivity index (χ0n) is 17.8. The van der Waals surface area contributed by atoms with Crippen LogP contribution in [0.15, 0.2) is 42.5 Å². The van der Waals surface area contributed by atoms with Gasteiger partial charge in [0.15, 0.2) is 0 Å². The van der Waals surface area contributed by atoms with Crippen molar-refractivity contribution >= 4 is 5.97 Å². The second kappa shape index (κ2) is 10.6. The number of rotatable bonds is 8. The van der Waals surface area contributed by atoms with E-state index in [-0.39, 0.29) is 18.5 Å². The Balaban J connectivity index is 1.79. The Bertz CT molecular complexity index is 805. The summed E-state index contributed by atoms with van der Waals surface area (Å²) >= 11 is 0. The lowest BCUT2D eigenvalue weighted by atomic mass is 9.83. The Morgan fingerprint density at radius 2 is 1.86 bits per heavy atom. The number of carbonyl (C=O) groups is 1. The molecule has 0 bridgehead atoms. The number of carbonyl (C=O) groups excluding carboxylic acids is 1. The van der Waals surface area contributed by atoms with Crippen LogP contribution >= 0.6 is 0 Å². The van der Waals surface area contributed by atoms with Crippen LogP contribution in [0.25, 0.3) is 11.1 Å². The van der Waals surface area contributed by atoms with E-state index in [9.17, 15) is 9.90 Å². The molecule has 0 aliphatic heterocycles. The Labute approximate surface area is 175 Å². The molecular weight excluding hydrogens is 360 g/mol. The van der Waals surface area contributed by atoms with E-state index in [2.05, 4.69) is 19.1 Å². The largest absolute Gasteiger partial charge is 0.465 e. The smallest absolute Gasteiger partial charge is 0.338 e. The highest BCUT2D eigenvalue weighted by atomic mass is 16.5. The number of aryl methyl sites for hydroxylation is 1. The first-order valence-electron chi connectivity index (χ1n) is 11.0. The van der Waals surface area contributed by atoms with Gasteiger partial charge in [-0.15, -0.1) is 0 Å². The van der Waals surface area contributed by atoms with Crippen LogP contribution in [0.5, 0.6) is 0 Å². The molecule has 1 unspecified atom stereocenters. The van der Waals surface area contributed by atoms with E-state index in [0.717, 1.165) is 35.4 Å². The first kappa shape index (κ1) is 21.6. The molecule has 1 aliphatic rings. The molecule has 0 aromatic heterocycles. The molecule has 1 atom stereocenters. The average Bonchev–Trinajstić information content (AvgIpc) is 2.77. The lowest BCUT2D eigenvalue weighted by Crippen LogP contribution is -2.14. The van der Waals surface area contributed by atoms with Crippen molar-refractivity contribution in [1.82, 2.24) is 0 Å². The molecule has 3 rings (SSSR count). The maximum absolute atomic E-state index is 12.3. The minimum Gasteiger partial charge on any atom is -0.465 e. The third-order valence-corrected chi connectivity index (χ3v) is 6.42. The number of aliphatic hydroxyl groups is 1. The number of methoxy groups -OCH3 is 1. The van der Waals surface area contributed by atoms with Gasteiger partial charge in [-0.25, -0.2) is 4.79 Å². The fourth-order valence-electron chi connectivity index (χ4n) is 4.64. The monoisotopic (exact) mass is 394 g/mol. The second-order valence-corrected chi connectivity index (χ2v) is 8.52. The molecule has 1 N–H and O–H groups in total. The summed E-state index contributed by atoms with van der Waals surface area (Å²) in [4.78, 5) is 12.3. The van der Waals surface area contributed by atoms with Crippen LogP contribution in [0.1, 0.15) is 66.4 Å². The predicted octanol–water partition coefficient (Wildman–Crippen LogP) is 5.96. The fourth-order valence-corrected chi connectivity index (χ4v) is 4.64. The lowest BCUT2D eigenvalue weighted by molar-refractivity contribution is 0.0601. The number of benzene rings is 2. The molecule has 3 nitrogen and oxygen atoms in total. The van der Waals surface area contributed by atoms with Crippen LogP contribution in [0, 0.1) is 18.8 Å². The molecule has 1 fully saturated rings. The van der Waals surface area contributed by atoms with Gasteiger partial charge in [-0.05, 0) is 59.9 Å². The molecule has 0 amide bonds. The SMILES string of the molecule is COC(=O)c1ccc(CC(CO)CCC2CCCCC2)cc1-c1ccccc1C. The van der Waals surface area contributed by atoms with Crippen molar-refractivity contribution < 1.29 is 14.6 Å². The average molecular weight is 395 g/mol. The topological polar surface area (TPSA) is 46.5 Å². The van der Waals surface area contributed by atoms with E-state index in [1.165, 1.54) is 51.2 Å². The molecule has 1 aliphatic carbocycles. The maximum atomic E-state index is 12.3. The van der Waals surface area contributed by atoms with Crippen LogP contribution < -0.4 is 0 Å². The summed E-state index contributed by atoms with van der Waals surface area (Å²) < 4.78 is 5.01. The van der Waals surface area contributed by atoms with E-state index in [0.29, 0.717) is 5.56 Å². The minimum atomic E-state index is -0.314. The van der Waals surface area contributed by atoms with Crippen LogP contribution in [-0.2, 0) is 11.2 Å². The number of esters is 1. The van der Waals surface area contributed by atoms with Crippen molar-refractivity contribution in [3.05, 3.63) is 59.2 Å². The lowest BCUT2D eigenvalue weighted by Gasteiger charge is -2.24. The Kier molecular flexibility index (Phi) is 7.88. The summed E-state index contributed by atoms with van der Waals surface area (Å²) in [5, 5.41) is 9.95. The van der Waals surface area contributed by atoms with Crippen molar-refractivity contribution in [3.63, 3.8) is 0 Å². The summed E-state index contributed by atoms with van der Waals surface area (Å²) in [6.45, 7) is 2.27. The quantitative estimate of drug-likeness (QED) is 0.562. The van der Waals surface area contributed by atoms with Crippen molar-refractivity contribution in [2.45, 2.75) is 58.3 Å². The standard InChI is InChI=1S/C26H34O3/c1-19-8-6-7-11-23(19)25-17-21(14-15-24(25)26(28)29-2)16-22(18-27)13-12-20-9-4-3-5-10-20/h6-8,11,14-15,17,20,22,27H,3-5,9-10,12-13,16,18H2,1-2H3. The van der Waals surface area contributed by atoms with Gasteiger partial charge in [0.1, 0.15) is 0 Å². The number of hydrogen-bond acceptors (Lipinski definition) is 3. The maximum Gasteiger partial charge on any atom is 0.338 e. The van der Waals surface area contributed by atoms with E-state index in [1.807, 2.05) is 30.3 Å². The number of hydrogen-bond donors (Lipinski definition) is 1. The third kappa shape index (κ3) is 5.70. The van der Waals surface area contributed by atoms with Crippen LogP contribution in [-0.4, -0.2) is 24.8 Å². The summed E-state index contributed by atoms with van der Waals surface area (Å²) in [5.74, 6) is 0.790. The summed E-state index contributed by atoms with van der Waals surface area (Å²) in [6, 6.07) is 14.1. The molecule has 1 saturated carbocycles. The molecule has 2 aromatic carbocycles. The summed E-state index contributed by atoms with van der Waals surface area (Å²) in [5.41, 5.74) is 4.85. The predicted molar refractivity (Wildman–Crippen MR) is 118 cm³/mol. The molecular formula is C26H34O3. The van der Waals surface area contributed by atoms with Gasteiger partial charge in [-0.3, -0.25) is 0 Å². The highest BCUT2D eigenvalue weighted by Crippen LogP contribution is 2.31. The van der Waals surface area contributed by atoms with Gasteiger partial charge in [-0.2, -0.15) is 0 Å². The second-order valence-electron chi connectivity index (χ2n) is 8.52. The molecule has 0 spiro atoms. The number of ether oxygens (including phenoxy) is 1. The van der Waals surface area contributed by atoms with Crippen molar-refractivity contribution in [3.8, 4) is 11.1 Å². The highest BCUT2D eigenvalue weighted by Gasteiger charge is 2.19. The van der Waals surface area contributed by atoms with Crippen molar-refractivity contribution in [2.75, 3.05) is 13.7 Å². The van der Waals surface area contributed by atoms with Crippen molar-refractivity contribution in [2.24, 2.45) is 11.8 Å². The van der Waals surface area contributed by atoms with Gasteiger partial charge >= 0.3 is 5.97 Å². The number of aliphatic hydroxyl groups excluding tert-OH is 1. The highest BCUT2D eigenvalue weighted by molar-refractivity contribution is 5.97. The Morgan fingerprint density at radius 3 is 2.55 bits per heavy atom. The van der Waals surface area contributed by atoms with Gasteiger partial charge in [-0.1, -0.05) is 74.9 Å². The van der Waals surface area contributed by atoms with E-state index >= 15 is 0 Å². The van der Waals surface area contributed by atoms with Crippen molar-refractivity contribution in [1.29, 1.82) is 0 Å². The van der Waals surface area contributed by atoms with Crippen LogP contribution in [0.4, 0.5) is 0 Å². The van der Waals surface area contributed by atoms with Gasteiger partial charge < -0.3 is 9.84 Å². The first-order valence-corrected chi connectivity index (χ1v) is 11.0. The van der Waals surface area contributed by atoms with E-state index < -0.39 is 0 Å². The first-order chi connectivity index (χ1) is 14.1. The van der Waals surface area contributed by atoms with Gasteiger partial charge in [0, 0.05) is 6.61 Å². The fraction of sp³-hybridized carbons (Fsp3) is 0.500. The third-order valence-electron chi connectivity index (χ3n) is 6.42. The van der Waals surface area contributed by atoms with E-state index in [4.69, 9.17) is 4.74 Å². The molecule has 0 heterocycles. The summed E-state index contributed by atoms with van der Waals surface area (Å²) in [6.07, 6.45) is 9.94.